The largest absolute Gasteiger partial charge is 0.330 e. The monoisotopic (exact) mass is 217 g/mol. The lowest BCUT2D eigenvalue weighted by atomic mass is 10.0. The maximum Gasteiger partial charge on any atom is 0.0595 e. The molecule has 3 heteroatoms. The van der Waals surface area contributed by atoms with Crippen LogP contribution in [-0.4, -0.2) is 6.54 Å². The van der Waals surface area contributed by atoms with Gasteiger partial charge < -0.3 is 5.73 Å². The average Bonchev–Trinajstić information content (AvgIpc) is 2.11. The lowest BCUT2D eigenvalue weighted by Gasteiger charge is -2.08. The first-order chi connectivity index (χ1) is 6.13. The van der Waals surface area contributed by atoms with Crippen molar-refractivity contribution in [1.29, 1.82) is 0 Å². The van der Waals surface area contributed by atoms with Gasteiger partial charge in [0.25, 0.3) is 0 Å². The molecular weight excluding hydrogens is 205 g/mol. The van der Waals surface area contributed by atoms with Gasteiger partial charge in [-0.2, -0.15) is 0 Å². The molecule has 0 saturated heterocycles. The first-order valence-electron chi connectivity index (χ1n) is 4.27. The summed E-state index contributed by atoms with van der Waals surface area (Å²) in [5.41, 5.74) is 6.72. The van der Waals surface area contributed by atoms with Gasteiger partial charge in [-0.15, -0.1) is 0 Å². The van der Waals surface area contributed by atoms with Gasteiger partial charge in [0.05, 0.1) is 10.0 Å². The number of benzene rings is 1. The minimum absolute atomic E-state index is 0.484. The highest BCUT2D eigenvalue weighted by atomic mass is 35.5. The highest BCUT2D eigenvalue weighted by Gasteiger charge is 2.03. The molecule has 0 aliphatic heterocycles. The Morgan fingerprint density at radius 3 is 2.54 bits per heavy atom. The van der Waals surface area contributed by atoms with E-state index in [1.807, 2.05) is 18.2 Å². The molecule has 1 aromatic rings. The lowest BCUT2D eigenvalue weighted by Crippen LogP contribution is -2.12. The number of hydrogen-bond donors (Lipinski definition) is 1. The van der Waals surface area contributed by atoms with E-state index in [1.165, 1.54) is 5.56 Å². The third kappa shape index (κ3) is 3.18. The quantitative estimate of drug-likeness (QED) is 0.828. The fourth-order valence-electron chi connectivity index (χ4n) is 1.15. The van der Waals surface area contributed by atoms with Gasteiger partial charge >= 0.3 is 0 Å². The summed E-state index contributed by atoms with van der Waals surface area (Å²) >= 11 is 11.7. The van der Waals surface area contributed by atoms with Crippen LogP contribution in [0, 0.1) is 5.92 Å². The SMILES string of the molecule is CC(CN)Cc1ccc(Cl)c(Cl)c1. The van der Waals surface area contributed by atoms with Crippen LogP contribution in [0.3, 0.4) is 0 Å². The molecule has 1 unspecified atom stereocenters. The third-order valence-electron chi connectivity index (χ3n) is 1.97. The summed E-state index contributed by atoms with van der Waals surface area (Å²) in [6.07, 6.45) is 0.952. The molecule has 0 aliphatic carbocycles. The Balaban J connectivity index is 2.73. The molecule has 0 heterocycles. The van der Waals surface area contributed by atoms with Crippen LogP contribution in [0.25, 0.3) is 0 Å². The number of halogens is 2. The summed E-state index contributed by atoms with van der Waals surface area (Å²) in [7, 11) is 0. The second-order valence-electron chi connectivity index (χ2n) is 3.29. The van der Waals surface area contributed by atoms with Gasteiger partial charge in [0.15, 0.2) is 0 Å². The van der Waals surface area contributed by atoms with Crippen LogP contribution in [-0.2, 0) is 6.42 Å². The smallest absolute Gasteiger partial charge is 0.0595 e. The van der Waals surface area contributed by atoms with E-state index >= 15 is 0 Å². The molecule has 1 aromatic carbocycles. The molecule has 0 radical (unpaired) electrons. The van der Waals surface area contributed by atoms with Gasteiger partial charge in [0.1, 0.15) is 0 Å². The van der Waals surface area contributed by atoms with Crippen molar-refractivity contribution in [3.8, 4) is 0 Å². The summed E-state index contributed by atoms with van der Waals surface area (Å²) in [6.45, 7) is 2.81. The van der Waals surface area contributed by atoms with E-state index in [2.05, 4.69) is 6.92 Å². The molecule has 0 aromatic heterocycles. The Morgan fingerprint density at radius 2 is 2.00 bits per heavy atom. The second kappa shape index (κ2) is 4.85. The van der Waals surface area contributed by atoms with Crippen molar-refractivity contribution >= 4 is 23.2 Å². The van der Waals surface area contributed by atoms with Gasteiger partial charge in [0.2, 0.25) is 0 Å². The third-order valence-corrected chi connectivity index (χ3v) is 2.71. The predicted octanol–water partition coefficient (Wildman–Crippen LogP) is 3.13. The maximum absolute atomic E-state index is 5.88. The zero-order valence-electron chi connectivity index (χ0n) is 7.56. The van der Waals surface area contributed by atoms with E-state index in [9.17, 15) is 0 Å². The van der Waals surface area contributed by atoms with Crippen LogP contribution < -0.4 is 5.73 Å². The topological polar surface area (TPSA) is 26.0 Å². The number of hydrogen-bond acceptors (Lipinski definition) is 1. The van der Waals surface area contributed by atoms with Crippen LogP contribution >= 0.6 is 23.2 Å². The van der Waals surface area contributed by atoms with Crippen LogP contribution in [0.15, 0.2) is 18.2 Å². The van der Waals surface area contributed by atoms with Crippen molar-refractivity contribution in [2.75, 3.05) is 6.54 Å². The fourth-order valence-corrected chi connectivity index (χ4v) is 1.47. The molecule has 1 nitrogen and oxygen atoms in total. The second-order valence-corrected chi connectivity index (χ2v) is 4.11. The first-order valence-corrected chi connectivity index (χ1v) is 5.03. The standard InChI is InChI=1S/C10H13Cl2N/c1-7(6-13)4-8-2-3-9(11)10(12)5-8/h2-3,5,7H,4,6,13H2,1H3. The minimum atomic E-state index is 0.484. The maximum atomic E-state index is 5.88. The lowest BCUT2D eigenvalue weighted by molar-refractivity contribution is 0.593. The van der Waals surface area contributed by atoms with Gasteiger partial charge in [-0.3, -0.25) is 0 Å². The molecule has 0 spiro atoms. The van der Waals surface area contributed by atoms with Crippen LogP contribution in [0.4, 0.5) is 0 Å². The van der Waals surface area contributed by atoms with Crippen LogP contribution in [0.5, 0.6) is 0 Å². The van der Waals surface area contributed by atoms with Gasteiger partial charge in [0, 0.05) is 0 Å². The highest BCUT2D eigenvalue weighted by molar-refractivity contribution is 6.42. The van der Waals surface area contributed by atoms with E-state index in [1.54, 1.807) is 0 Å². The Morgan fingerprint density at radius 1 is 1.31 bits per heavy atom. The average molecular weight is 218 g/mol. The van der Waals surface area contributed by atoms with Crippen molar-refractivity contribution in [3.63, 3.8) is 0 Å². The Labute approximate surface area is 88.8 Å². The predicted molar refractivity (Wildman–Crippen MR) is 58.4 cm³/mol. The molecule has 2 N–H and O–H groups in total. The van der Waals surface area contributed by atoms with Crippen molar-refractivity contribution in [2.24, 2.45) is 11.7 Å². The van der Waals surface area contributed by atoms with Crippen molar-refractivity contribution in [3.05, 3.63) is 33.8 Å². The molecule has 0 aliphatic rings. The molecule has 1 atom stereocenters. The van der Waals surface area contributed by atoms with E-state index in [-0.39, 0.29) is 0 Å². The Bertz CT molecular complexity index is 286. The fraction of sp³-hybridized carbons (Fsp3) is 0.400. The zero-order chi connectivity index (χ0) is 9.84. The number of rotatable bonds is 3. The van der Waals surface area contributed by atoms with Gasteiger partial charge in [-0.05, 0) is 36.6 Å². The van der Waals surface area contributed by atoms with E-state index in [0.29, 0.717) is 22.5 Å². The molecule has 0 amide bonds. The molecule has 13 heavy (non-hydrogen) atoms. The van der Waals surface area contributed by atoms with Crippen molar-refractivity contribution < 1.29 is 0 Å². The summed E-state index contributed by atoms with van der Waals surface area (Å²) in [5.74, 6) is 0.484. The normalized spacial score (nSPS) is 12.9. The molecule has 1 rings (SSSR count). The van der Waals surface area contributed by atoms with Gasteiger partial charge in [-0.25, -0.2) is 0 Å². The van der Waals surface area contributed by atoms with Crippen LogP contribution in [0.2, 0.25) is 10.0 Å². The first kappa shape index (κ1) is 10.8. The summed E-state index contributed by atoms with van der Waals surface area (Å²) in [5, 5.41) is 1.22. The number of nitrogens with two attached hydrogens (primary N) is 1. The molecular formula is C10H13Cl2N. The molecule has 0 saturated carbocycles. The minimum Gasteiger partial charge on any atom is -0.330 e. The molecule has 72 valence electrons. The Kier molecular flexibility index (Phi) is 4.04. The highest BCUT2D eigenvalue weighted by Crippen LogP contribution is 2.23. The summed E-state index contributed by atoms with van der Waals surface area (Å²) < 4.78 is 0. The van der Waals surface area contributed by atoms with E-state index in [4.69, 9.17) is 28.9 Å². The van der Waals surface area contributed by atoms with Crippen molar-refractivity contribution in [2.45, 2.75) is 13.3 Å². The van der Waals surface area contributed by atoms with Gasteiger partial charge in [-0.1, -0.05) is 36.2 Å². The van der Waals surface area contributed by atoms with E-state index < -0.39 is 0 Å². The molecule has 0 fully saturated rings. The van der Waals surface area contributed by atoms with Crippen LogP contribution in [0.1, 0.15) is 12.5 Å². The van der Waals surface area contributed by atoms with E-state index in [0.717, 1.165) is 6.42 Å². The molecule has 0 bridgehead atoms. The van der Waals surface area contributed by atoms with Crippen molar-refractivity contribution in [1.82, 2.24) is 0 Å². The summed E-state index contributed by atoms with van der Waals surface area (Å²) in [4.78, 5) is 0. The Hall–Kier alpha value is -0.240. The summed E-state index contributed by atoms with van der Waals surface area (Å²) in [6, 6.07) is 5.71. The zero-order valence-corrected chi connectivity index (χ0v) is 9.07.